The third-order valence-electron chi connectivity index (χ3n) is 5.49. The number of hydrogen-bond donors (Lipinski definition) is 1. The highest BCUT2D eigenvalue weighted by atomic mass is 79.9. The molecule has 0 aromatic heterocycles. The lowest BCUT2D eigenvalue weighted by atomic mass is 10.0. The Balaban J connectivity index is 0. The van der Waals surface area contributed by atoms with Crippen LogP contribution in [0.25, 0.3) is 0 Å². The first-order valence-corrected chi connectivity index (χ1v) is 12.0. The van der Waals surface area contributed by atoms with Gasteiger partial charge in [-0.25, -0.2) is 0 Å². The average molecular weight is 435 g/mol. The van der Waals surface area contributed by atoms with E-state index in [9.17, 15) is 0 Å². The van der Waals surface area contributed by atoms with Gasteiger partial charge in [0.05, 0.1) is 0 Å². The lowest BCUT2D eigenvalue weighted by Gasteiger charge is -2.05. The van der Waals surface area contributed by atoms with E-state index in [2.05, 4.69) is 13.8 Å². The summed E-state index contributed by atoms with van der Waals surface area (Å²) in [4.78, 5) is 0. The second-order valence-electron chi connectivity index (χ2n) is 8.69. The Kier molecular flexibility index (Phi) is 28.0. The molecule has 0 amide bonds. The smallest absolute Gasteiger partial charge is 0.00773 e. The van der Waals surface area contributed by atoms with Gasteiger partial charge in [0.1, 0.15) is 0 Å². The molecule has 26 heavy (non-hydrogen) atoms. The van der Waals surface area contributed by atoms with E-state index in [0.717, 1.165) is 12.5 Å². The van der Waals surface area contributed by atoms with Crippen LogP contribution in [-0.4, -0.2) is 6.54 Å². The van der Waals surface area contributed by atoms with Crippen molar-refractivity contribution < 1.29 is 0 Å². The molecule has 0 spiro atoms. The largest absolute Gasteiger partial charge is 0.330 e. The standard InChI is InChI=1S/C24H51N.BrH/c1-24(2)22-20-18-16-14-12-10-8-6-4-3-5-7-9-11-13-15-17-19-21-23-25;/h24H,3-23,25H2,1-2H3;1H. The van der Waals surface area contributed by atoms with Crippen LogP contribution in [0.15, 0.2) is 0 Å². The molecule has 2 N–H and O–H groups in total. The number of hydrogen-bond acceptors (Lipinski definition) is 1. The minimum atomic E-state index is 0. The molecule has 0 saturated heterocycles. The SMILES string of the molecule is Br.CC(C)CCCCCCCCCCCCCCCCCCCCCN. The highest BCUT2D eigenvalue weighted by molar-refractivity contribution is 8.93. The van der Waals surface area contributed by atoms with Crippen LogP contribution in [0.2, 0.25) is 0 Å². The van der Waals surface area contributed by atoms with Crippen molar-refractivity contribution >= 4 is 17.0 Å². The average Bonchev–Trinajstić information content (AvgIpc) is 2.60. The second-order valence-corrected chi connectivity index (χ2v) is 8.69. The molecule has 0 unspecified atom stereocenters. The predicted octanol–water partition coefficient (Wildman–Crippen LogP) is 8.98. The molecule has 160 valence electrons. The zero-order valence-electron chi connectivity index (χ0n) is 18.4. The number of unbranched alkanes of at least 4 members (excludes halogenated alkanes) is 18. The van der Waals surface area contributed by atoms with Crippen LogP contribution in [-0.2, 0) is 0 Å². The predicted molar refractivity (Wildman–Crippen MR) is 127 cm³/mol. The van der Waals surface area contributed by atoms with Crippen LogP contribution in [0.1, 0.15) is 142 Å². The second kappa shape index (κ2) is 25.4. The van der Waals surface area contributed by atoms with Gasteiger partial charge in [-0.05, 0) is 18.9 Å². The van der Waals surface area contributed by atoms with Gasteiger partial charge in [0.2, 0.25) is 0 Å². The van der Waals surface area contributed by atoms with Gasteiger partial charge in [0.15, 0.2) is 0 Å². The number of rotatable bonds is 21. The van der Waals surface area contributed by atoms with Gasteiger partial charge in [-0.2, -0.15) is 0 Å². The van der Waals surface area contributed by atoms with E-state index in [4.69, 9.17) is 5.73 Å². The maximum atomic E-state index is 5.51. The van der Waals surface area contributed by atoms with Gasteiger partial charge in [0.25, 0.3) is 0 Å². The summed E-state index contributed by atoms with van der Waals surface area (Å²) in [5.41, 5.74) is 5.51. The van der Waals surface area contributed by atoms with Crippen molar-refractivity contribution in [3.05, 3.63) is 0 Å². The van der Waals surface area contributed by atoms with Crippen LogP contribution < -0.4 is 5.73 Å². The molecule has 0 aliphatic heterocycles. The van der Waals surface area contributed by atoms with Crippen molar-refractivity contribution in [1.82, 2.24) is 0 Å². The summed E-state index contributed by atoms with van der Waals surface area (Å²) < 4.78 is 0. The third-order valence-corrected chi connectivity index (χ3v) is 5.49. The molecule has 0 saturated carbocycles. The zero-order chi connectivity index (χ0) is 18.4. The maximum absolute atomic E-state index is 5.51. The van der Waals surface area contributed by atoms with Crippen molar-refractivity contribution in [1.29, 1.82) is 0 Å². The van der Waals surface area contributed by atoms with Gasteiger partial charge < -0.3 is 5.73 Å². The van der Waals surface area contributed by atoms with Crippen molar-refractivity contribution in [3.8, 4) is 0 Å². The van der Waals surface area contributed by atoms with Crippen molar-refractivity contribution in [2.45, 2.75) is 142 Å². The van der Waals surface area contributed by atoms with Crippen LogP contribution in [0, 0.1) is 5.92 Å². The molecule has 0 heterocycles. The Morgan fingerprint density at radius 2 is 0.654 bits per heavy atom. The minimum absolute atomic E-state index is 0. The van der Waals surface area contributed by atoms with Crippen LogP contribution in [0.4, 0.5) is 0 Å². The van der Waals surface area contributed by atoms with E-state index in [1.54, 1.807) is 0 Å². The minimum Gasteiger partial charge on any atom is -0.330 e. The molecule has 0 aliphatic rings. The fourth-order valence-corrected chi connectivity index (χ4v) is 3.70. The van der Waals surface area contributed by atoms with Crippen molar-refractivity contribution in [2.24, 2.45) is 11.7 Å². The summed E-state index contributed by atoms with van der Waals surface area (Å²) in [5, 5.41) is 0. The zero-order valence-corrected chi connectivity index (χ0v) is 20.1. The Bertz CT molecular complexity index is 230. The number of nitrogens with two attached hydrogens (primary N) is 1. The van der Waals surface area contributed by atoms with Gasteiger partial charge in [0, 0.05) is 0 Å². The van der Waals surface area contributed by atoms with Crippen LogP contribution in [0.3, 0.4) is 0 Å². The Hall–Kier alpha value is 0.440. The van der Waals surface area contributed by atoms with Crippen molar-refractivity contribution in [3.63, 3.8) is 0 Å². The van der Waals surface area contributed by atoms with E-state index in [0.29, 0.717) is 0 Å². The van der Waals surface area contributed by atoms with Gasteiger partial charge in [-0.3, -0.25) is 0 Å². The number of halogens is 1. The van der Waals surface area contributed by atoms with E-state index >= 15 is 0 Å². The maximum Gasteiger partial charge on any atom is -0.00773 e. The van der Waals surface area contributed by atoms with E-state index in [1.165, 1.54) is 128 Å². The summed E-state index contributed by atoms with van der Waals surface area (Å²) in [6.45, 7) is 5.55. The monoisotopic (exact) mass is 433 g/mol. The van der Waals surface area contributed by atoms with Gasteiger partial charge in [-0.15, -0.1) is 17.0 Å². The van der Waals surface area contributed by atoms with E-state index in [-0.39, 0.29) is 17.0 Å². The summed E-state index contributed by atoms with van der Waals surface area (Å²) in [5.74, 6) is 0.895. The highest BCUT2D eigenvalue weighted by Crippen LogP contribution is 2.15. The summed E-state index contributed by atoms with van der Waals surface area (Å²) in [7, 11) is 0. The first-order valence-electron chi connectivity index (χ1n) is 12.0. The quantitative estimate of drug-likeness (QED) is 0.179. The normalized spacial score (nSPS) is 11.1. The van der Waals surface area contributed by atoms with Crippen LogP contribution >= 0.6 is 17.0 Å². The molecule has 0 fully saturated rings. The Morgan fingerprint density at radius 3 is 0.885 bits per heavy atom. The molecule has 0 aromatic rings. The molecular weight excluding hydrogens is 382 g/mol. The lowest BCUT2D eigenvalue weighted by Crippen LogP contribution is -1.97. The molecule has 0 aliphatic carbocycles. The van der Waals surface area contributed by atoms with Gasteiger partial charge in [-0.1, -0.05) is 136 Å². The topological polar surface area (TPSA) is 26.0 Å². The first-order chi connectivity index (χ1) is 12.3. The third kappa shape index (κ3) is 26.7. The molecular formula is C24H52BrN. The molecule has 1 nitrogen and oxygen atoms in total. The van der Waals surface area contributed by atoms with Gasteiger partial charge >= 0.3 is 0 Å². The molecule has 0 bridgehead atoms. The Morgan fingerprint density at radius 1 is 0.423 bits per heavy atom. The fourth-order valence-electron chi connectivity index (χ4n) is 3.70. The molecule has 0 aromatic carbocycles. The summed E-state index contributed by atoms with van der Waals surface area (Å²) >= 11 is 0. The van der Waals surface area contributed by atoms with E-state index < -0.39 is 0 Å². The fraction of sp³-hybridized carbons (Fsp3) is 1.00. The highest BCUT2D eigenvalue weighted by Gasteiger charge is 1.96. The molecule has 2 heteroatoms. The molecule has 0 radical (unpaired) electrons. The lowest BCUT2D eigenvalue weighted by molar-refractivity contribution is 0.501. The summed E-state index contributed by atoms with van der Waals surface area (Å²) in [6.07, 6.45) is 28.9. The molecule has 0 atom stereocenters. The van der Waals surface area contributed by atoms with Crippen molar-refractivity contribution in [2.75, 3.05) is 6.54 Å². The van der Waals surface area contributed by atoms with E-state index in [1.807, 2.05) is 0 Å². The van der Waals surface area contributed by atoms with Crippen LogP contribution in [0.5, 0.6) is 0 Å². The Labute approximate surface area is 177 Å². The first kappa shape index (κ1) is 28.6. The molecule has 0 rings (SSSR count). The summed E-state index contributed by atoms with van der Waals surface area (Å²) in [6, 6.07) is 0.